The molecule has 3 N–H and O–H groups in total. The maximum Gasteiger partial charge on any atom is 0.337 e. The second-order valence-corrected chi connectivity index (χ2v) is 12.4. The minimum atomic E-state index is -1.63. The standard InChI is InChI=1S/C34H45ClN2O6/c1-4-8-23-17-27(35)12-14-28(23)26-20-37(30-18-24(33(40)34(41)42)11-15-32(30)43-21-26)19-25-10-13-29(25)31(39)9-6-5-7-16-36(3)22(2)38/h6,9,11-12,14-15,17-18,25-26,29,31,33,39-40H,4-5,7-8,10,13,16,19-21H2,1-3H3,(H,41,42)/b9-6+. The molecule has 1 aliphatic carbocycles. The molecule has 0 spiro atoms. The number of benzene rings is 2. The zero-order chi connectivity index (χ0) is 31.1. The summed E-state index contributed by atoms with van der Waals surface area (Å²) in [6.07, 6.45) is 7.15. The van der Waals surface area contributed by atoms with E-state index in [1.165, 1.54) is 11.1 Å². The topological polar surface area (TPSA) is 111 Å². The van der Waals surface area contributed by atoms with E-state index in [1.54, 1.807) is 37.1 Å². The van der Waals surface area contributed by atoms with Crippen LogP contribution in [0.15, 0.2) is 48.6 Å². The van der Waals surface area contributed by atoms with E-state index in [9.17, 15) is 24.9 Å². The summed E-state index contributed by atoms with van der Waals surface area (Å²) >= 11 is 6.36. The number of allylic oxidation sites excluding steroid dienone is 1. The highest BCUT2D eigenvalue weighted by Gasteiger charge is 2.38. The van der Waals surface area contributed by atoms with Crippen LogP contribution >= 0.6 is 11.6 Å². The molecule has 1 aliphatic heterocycles. The Kier molecular flexibility index (Phi) is 11.5. The van der Waals surface area contributed by atoms with Crippen molar-refractivity contribution in [1.82, 2.24) is 4.90 Å². The number of ether oxygens (including phenoxy) is 1. The van der Waals surface area contributed by atoms with Crippen LogP contribution in [0.4, 0.5) is 5.69 Å². The Morgan fingerprint density at radius 1 is 1.19 bits per heavy atom. The number of halogens is 1. The van der Waals surface area contributed by atoms with Gasteiger partial charge in [-0.15, -0.1) is 0 Å². The van der Waals surface area contributed by atoms with Crippen molar-refractivity contribution in [1.29, 1.82) is 0 Å². The second-order valence-electron chi connectivity index (χ2n) is 12.0. The summed E-state index contributed by atoms with van der Waals surface area (Å²) in [6.45, 7) is 6.17. The number of carboxylic acids is 1. The molecule has 43 heavy (non-hydrogen) atoms. The molecular formula is C34H45ClN2O6. The molecule has 2 aromatic rings. The Labute approximate surface area is 259 Å². The number of nitrogens with zero attached hydrogens (tertiary/aromatic N) is 2. The van der Waals surface area contributed by atoms with Crippen LogP contribution in [0.2, 0.25) is 5.02 Å². The van der Waals surface area contributed by atoms with Gasteiger partial charge in [0.1, 0.15) is 5.75 Å². The zero-order valence-electron chi connectivity index (χ0n) is 25.4. The first-order chi connectivity index (χ1) is 20.6. The second kappa shape index (κ2) is 15.1. The molecule has 1 fully saturated rings. The molecule has 2 aliphatic rings. The quantitative estimate of drug-likeness (QED) is 0.200. The lowest BCUT2D eigenvalue weighted by molar-refractivity contribution is -0.147. The van der Waals surface area contributed by atoms with Crippen molar-refractivity contribution in [2.75, 3.05) is 38.2 Å². The van der Waals surface area contributed by atoms with Crippen molar-refractivity contribution < 1.29 is 29.6 Å². The van der Waals surface area contributed by atoms with Gasteiger partial charge in [-0.25, -0.2) is 4.79 Å². The number of aryl methyl sites for hydroxylation is 1. The van der Waals surface area contributed by atoms with Crippen molar-refractivity contribution in [2.45, 2.75) is 70.5 Å². The summed E-state index contributed by atoms with van der Waals surface area (Å²) in [4.78, 5) is 26.9. The summed E-state index contributed by atoms with van der Waals surface area (Å²) in [5.41, 5.74) is 3.46. The number of carbonyl (C=O) groups is 2. The van der Waals surface area contributed by atoms with Crippen LogP contribution in [-0.4, -0.2) is 71.5 Å². The lowest BCUT2D eigenvalue weighted by Gasteiger charge is -2.42. The first-order valence-corrected chi connectivity index (χ1v) is 15.7. The fourth-order valence-electron chi connectivity index (χ4n) is 6.18. The number of fused-ring (bicyclic) bond motifs is 1. The van der Waals surface area contributed by atoms with Crippen molar-refractivity contribution in [3.63, 3.8) is 0 Å². The van der Waals surface area contributed by atoms with E-state index < -0.39 is 18.2 Å². The minimum absolute atomic E-state index is 0.0475. The summed E-state index contributed by atoms with van der Waals surface area (Å²) in [5.74, 6) is -0.195. The van der Waals surface area contributed by atoms with Crippen LogP contribution in [-0.2, 0) is 16.0 Å². The molecule has 1 heterocycles. The van der Waals surface area contributed by atoms with E-state index in [1.807, 2.05) is 24.3 Å². The Bertz CT molecular complexity index is 1300. The molecule has 0 saturated heterocycles. The molecule has 4 rings (SSSR count). The molecule has 2 aromatic carbocycles. The highest BCUT2D eigenvalue weighted by Crippen LogP contribution is 2.43. The average Bonchev–Trinajstić information content (AvgIpc) is 3.13. The van der Waals surface area contributed by atoms with Crippen LogP contribution in [0, 0.1) is 11.8 Å². The molecule has 5 unspecified atom stereocenters. The molecule has 0 radical (unpaired) electrons. The summed E-state index contributed by atoms with van der Waals surface area (Å²) < 4.78 is 6.33. The molecule has 8 nitrogen and oxygen atoms in total. The number of hydrogen-bond donors (Lipinski definition) is 3. The first-order valence-electron chi connectivity index (χ1n) is 15.4. The minimum Gasteiger partial charge on any atom is -0.491 e. The lowest BCUT2D eigenvalue weighted by Crippen LogP contribution is -2.44. The van der Waals surface area contributed by atoms with E-state index in [2.05, 4.69) is 17.9 Å². The van der Waals surface area contributed by atoms with Crippen LogP contribution in [0.3, 0.4) is 0 Å². The van der Waals surface area contributed by atoms with Gasteiger partial charge in [0.2, 0.25) is 5.91 Å². The van der Waals surface area contributed by atoms with Gasteiger partial charge in [0.15, 0.2) is 6.10 Å². The molecular weight excluding hydrogens is 568 g/mol. The molecule has 1 amide bonds. The van der Waals surface area contributed by atoms with E-state index >= 15 is 0 Å². The van der Waals surface area contributed by atoms with E-state index in [0.29, 0.717) is 42.6 Å². The third kappa shape index (κ3) is 8.31. The molecule has 234 valence electrons. The van der Waals surface area contributed by atoms with E-state index in [-0.39, 0.29) is 23.7 Å². The Hall–Kier alpha value is -3.07. The molecule has 0 bridgehead atoms. The van der Waals surface area contributed by atoms with Crippen LogP contribution in [0.25, 0.3) is 0 Å². The van der Waals surface area contributed by atoms with Gasteiger partial charge in [-0.3, -0.25) is 4.79 Å². The fraction of sp³-hybridized carbons (Fsp3) is 0.529. The first kappa shape index (κ1) is 32.8. The van der Waals surface area contributed by atoms with Crippen LogP contribution in [0.1, 0.15) is 74.7 Å². The SMILES string of the molecule is CCCc1cc(Cl)ccc1C1COc2ccc(C(O)C(=O)O)cc2N(CC2CCC2C(O)/C=C/CCCN(C)C(C)=O)C1. The Morgan fingerprint density at radius 3 is 2.65 bits per heavy atom. The van der Waals surface area contributed by atoms with Gasteiger partial charge in [-0.2, -0.15) is 0 Å². The van der Waals surface area contributed by atoms with E-state index in [4.69, 9.17) is 16.3 Å². The smallest absolute Gasteiger partial charge is 0.337 e. The number of aliphatic hydroxyl groups is 2. The number of hydrogen-bond acceptors (Lipinski definition) is 6. The van der Waals surface area contributed by atoms with Gasteiger partial charge in [-0.1, -0.05) is 49.2 Å². The molecule has 1 saturated carbocycles. The lowest BCUT2D eigenvalue weighted by atomic mass is 9.70. The third-order valence-electron chi connectivity index (χ3n) is 8.92. The number of amides is 1. The Morgan fingerprint density at radius 2 is 1.98 bits per heavy atom. The van der Waals surface area contributed by atoms with Crippen molar-refractivity contribution in [2.24, 2.45) is 11.8 Å². The van der Waals surface area contributed by atoms with Crippen molar-refractivity contribution >= 4 is 29.2 Å². The van der Waals surface area contributed by atoms with Gasteiger partial charge < -0.3 is 29.9 Å². The normalized spacial score (nSPS) is 21.3. The number of unbranched alkanes of at least 4 members (excludes halogenated alkanes) is 1. The van der Waals surface area contributed by atoms with Gasteiger partial charge in [0, 0.05) is 44.5 Å². The van der Waals surface area contributed by atoms with E-state index in [0.717, 1.165) is 44.2 Å². The van der Waals surface area contributed by atoms with Gasteiger partial charge in [-0.05, 0) is 84.9 Å². The summed E-state index contributed by atoms with van der Waals surface area (Å²) in [5, 5.41) is 31.5. The number of aliphatic carboxylic acids is 1. The van der Waals surface area contributed by atoms with Crippen molar-refractivity contribution in [3.8, 4) is 5.75 Å². The van der Waals surface area contributed by atoms with Gasteiger partial charge >= 0.3 is 5.97 Å². The number of anilines is 1. The molecule has 5 atom stereocenters. The van der Waals surface area contributed by atoms with Gasteiger partial charge in [0.05, 0.1) is 18.4 Å². The summed E-state index contributed by atoms with van der Waals surface area (Å²) in [6, 6.07) is 11.1. The molecule has 0 aromatic heterocycles. The maximum atomic E-state index is 11.6. The van der Waals surface area contributed by atoms with Crippen LogP contribution < -0.4 is 9.64 Å². The average molecular weight is 613 g/mol. The predicted octanol–water partition coefficient (Wildman–Crippen LogP) is 5.59. The largest absolute Gasteiger partial charge is 0.491 e. The maximum absolute atomic E-state index is 11.6. The highest BCUT2D eigenvalue weighted by molar-refractivity contribution is 6.30. The zero-order valence-corrected chi connectivity index (χ0v) is 26.2. The van der Waals surface area contributed by atoms with Crippen molar-refractivity contribution in [3.05, 3.63) is 70.3 Å². The summed E-state index contributed by atoms with van der Waals surface area (Å²) in [7, 11) is 1.79. The Balaban J connectivity index is 1.54. The fourth-order valence-corrected chi connectivity index (χ4v) is 6.37. The number of rotatable bonds is 13. The van der Waals surface area contributed by atoms with Crippen LogP contribution in [0.5, 0.6) is 5.75 Å². The van der Waals surface area contributed by atoms with Gasteiger partial charge in [0.25, 0.3) is 0 Å². The molecule has 9 heteroatoms. The number of aliphatic hydroxyl groups excluding tert-OH is 2. The highest BCUT2D eigenvalue weighted by atomic mass is 35.5. The monoisotopic (exact) mass is 612 g/mol. The number of carboxylic acid groups (broad SMARTS) is 1. The predicted molar refractivity (Wildman–Crippen MR) is 169 cm³/mol. The number of carbonyl (C=O) groups excluding carboxylic acids is 1. The third-order valence-corrected chi connectivity index (χ3v) is 9.16.